The molecule has 4 nitrogen and oxygen atoms in total. The average molecular weight is 452 g/mol. The van der Waals surface area contributed by atoms with Crippen molar-refractivity contribution < 1.29 is 23.0 Å². The molecule has 8 heteroatoms. The summed E-state index contributed by atoms with van der Waals surface area (Å²) in [5.74, 6) is -1.22. The summed E-state index contributed by atoms with van der Waals surface area (Å²) in [6.45, 7) is 0. The first kappa shape index (κ1) is 21.9. The minimum Gasteiger partial charge on any atom is -0.497 e. The average Bonchev–Trinajstić information content (AvgIpc) is 2.72. The molecule has 3 rings (SSSR count). The predicted molar refractivity (Wildman–Crippen MR) is 114 cm³/mol. The van der Waals surface area contributed by atoms with Crippen LogP contribution in [0.1, 0.15) is 0 Å². The zero-order valence-corrected chi connectivity index (χ0v) is 17.5. The topological polar surface area (TPSA) is 47.6 Å². The van der Waals surface area contributed by atoms with Gasteiger partial charge >= 0.3 is 0 Å². The van der Waals surface area contributed by atoms with Gasteiger partial charge in [0, 0.05) is 11.8 Å². The number of amides is 1. The molecule has 1 amide bonds. The monoisotopic (exact) mass is 451 g/mol. The Bertz CT molecular complexity index is 1090. The number of benzene rings is 3. The maximum Gasteiger partial charge on any atom is 0.257 e. The molecule has 0 atom stereocenters. The number of ether oxygens (including phenoxy) is 2. The van der Waals surface area contributed by atoms with Crippen molar-refractivity contribution in [3.63, 3.8) is 0 Å². The molecular weight excluding hydrogens is 435 g/mol. The molecule has 0 radical (unpaired) electrons. The van der Waals surface area contributed by atoms with Crippen LogP contribution in [0.3, 0.4) is 0 Å². The van der Waals surface area contributed by atoms with Gasteiger partial charge < -0.3 is 14.8 Å². The summed E-state index contributed by atoms with van der Waals surface area (Å²) in [6, 6.07) is 13.7. The van der Waals surface area contributed by atoms with Crippen LogP contribution >= 0.6 is 23.2 Å². The minimum absolute atomic E-state index is 0.102. The summed E-state index contributed by atoms with van der Waals surface area (Å²) in [4.78, 5) is 10.7. The van der Waals surface area contributed by atoms with Crippen molar-refractivity contribution in [3.05, 3.63) is 66.2 Å². The standard InChI is InChI=1S/C22H17Cl2F2NO3/c1-29-18-9-15(6-16(25)11-18)14-5-13(7-17(8-14)27-22(28)21(23)24)12-3-4-20(30-2)19(26)10-12/h3-11,21H,1-2H3,(H,27,28). The normalized spacial score (nSPS) is 10.8. The molecule has 0 aromatic heterocycles. The molecule has 0 heterocycles. The number of methoxy groups -OCH3 is 2. The van der Waals surface area contributed by atoms with Gasteiger partial charge in [-0.1, -0.05) is 29.3 Å². The second kappa shape index (κ2) is 9.32. The number of rotatable bonds is 6. The Balaban J connectivity index is 2.15. The third-order valence-corrected chi connectivity index (χ3v) is 4.72. The fourth-order valence-corrected chi connectivity index (χ4v) is 3.03. The molecule has 0 bridgehead atoms. The van der Waals surface area contributed by atoms with E-state index in [-0.39, 0.29) is 5.75 Å². The molecule has 0 aliphatic carbocycles. The van der Waals surface area contributed by atoms with E-state index in [1.807, 2.05) is 0 Å². The highest BCUT2D eigenvalue weighted by molar-refractivity contribution is 6.54. The SMILES string of the molecule is COc1cc(F)cc(-c2cc(NC(=O)C(Cl)Cl)cc(-c3ccc(OC)c(F)c3)c2)c1. The molecule has 30 heavy (non-hydrogen) atoms. The number of halogens is 4. The molecule has 0 unspecified atom stereocenters. The number of carbonyl (C=O) groups excluding carboxylic acids is 1. The number of alkyl halides is 2. The van der Waals surface area contributed by atoms with Crippen LogP contribution in [-0.4, -0.2) is 25.0 Å². The minimum atomic E-state index is -1.27. The summed E-state index contributed by atoms with van der Waals surface area (Å²) in [5, 5.41) is 2.60. The highest BCUT2D eigenvalue weighted by Crippen LogP contribution is 2.34. The van der Waals surface area contributed by atoms with Gasteiger partial charge in [0.15, 0.2) is 16.4 Å². The van der Waals surface area contributed by atoms with Crippen molar-refractivity contribution in [2.45, 2.75) is 4.84 Å². The Morgan fingerprint density at radius 2 is 1.53 bits per heavy atom. The van der Waals surface area contributed by atoms with Crippen LogP contribution in [0, 0.1) is 11.6 Å². The predicted octanol–water partition coefficient (Wildman–Crippen LogP) is 6.06. The maximum absolute atomic E-state index is 14.2. The number of hydrogen-bond donors (Lipinski definition) is 1. The van der Waals surface area contributed by atoms with Gasteiger partial charge in [0.25, 0.3) is 5.91 Å². The Kier molecular flexibility index (Phi) is 6.80. The molecule has 3 aromatic carbocycles. The summed E-state index contributed by atoms with van der Waals surface area (Å²) in [5.41, 5.74) is 2.54. The first-order chi connectivity index (χ1) is 14.3. The summed E-state index contributed by atoms with van der Waals surface area (Å²) < 4.78 is 38.3. The second-order valence-corrected chi connectivity index (χ2v) is 7.41. The van der Waals surface area contributed by atoms with Crippen LogP contribution in [0.5, 0.6) is 11.5 Å². The molecule has 1 N–H and O–H groups in total. The van der Waals surface area contributed by atoms with Gasteiger partial charge in [-0.2, -0.15) is 0 Å². The summed E-state index contributed by atoms with van der Waals surface area (Å²) >= 11 is 11.3. The molecule has 0 aliphatic heterocycles. The zero-order chi connectivity index (χ0) is 21.8. The first-order valence-electron chi connectivity index (χ1n) is 8.73. The maximum atomic E-state index is 14.2. The van der Waals surface area contributed by atoms with Gasteiger partial charge in [-0.05, 0) is 64.7 Å². The van der Waals surface area contributed by atoms with Gasteiger partial charge in [0.05, 0.1) is 14.2 Å². The molecule has 0 saturated heterocycles. The molecule has 156 valence electrons. The van der Waals surface area contributed by atoms with Gasteiger partial charge in [-0.3, -0.25) is 4.79 Å². The van der Waals surface area contributed by atoms with Crippen LogP contribution in [0.15, 0.2) is 54.6 Å². The van der Waals surface area contributed by atoms with E-state index in [0.29, 0.717) is 33.7 Å². The Morgan fingerprint density at radius 1 is 0.867 bits per heavy atom. The van der Waals surface area contributed by atoms with E-state index in [0.717, 1.165) is 0 Å². The molecule has 0 fully saturated rings. The van der Waals surface area contributed by atoms with Gasteiger partial charge in [-0.25, -0.2) is 8.78 Å². The van der Waals surface area contributed by atoms with E-state index in [1.165, 1.54) is 38.5 Å². The van der Waals surface area contributed by atoms with Gasteiger partial charge in [0.1, 0.15) is 11.6 Å². The summed E-state index contributed by atoms with van der Waals surface area (Å²) in [6.07, 6.45) is 0. The largest absolute Gasteiger partial charge is 0.497 e. The van der Waals surface area contributed by atoms with Crippen LogP contribution in [0.2, 0.25) is 0 Å². The van der Waals surface area contributed by atoms with Crippen LogP contribution in [-0.2, 0) is 4.79 Å². The number of anilines is 1. The smallest absolute Gasteiger partial charge is 0.257 e. The Labute approximate surface area is 182 Å². The van der Waals surface area contributed by atoms with E-state index in [9.17, 15) is 13.6 Å². The zero-order valence-electron chi connectivity index (χ0n) is 16.0. The quantitative estimate of drug-likeness (QED) is 0.463. The molecule has 3 aromatic rings. The van der Waals surface area contributed by atoms with Crippen molar-refractivity contribution in [3.8, 4) is 33.8 Å². The molecule has 0 aliphatic rings. The molecule has 0 spiro atoms. The lowest BCUT2D eigenvalue weighted by Crippen LogP contribution is -2.18. The number of nitrogens with one attached hydrogen (secondary N) is 1. The fraction of sp³-hybridized carbons (Fsp3) is 0.136. The Morgan fingerprint density at radius 3 is 2.13 bits per heavy atom. The van der Waals surface area contributed by atoms with Crippen molar-refractivity contribution in [2.24, 2.45) is 0 Å². The van der Waals surface area contributed by atoms with Crippen LogP contribution < -0.4 is 14.8 Å². The van der Waals surface area contributed by atoms with Crippen molar-refractivity contribution in [1.29, 1.82) is 0 Å². The van der Waals surface area contributed by atoms with E-state index < -0.39 is 22.4 Å². The lowest BCUT2D eigenvalue weighted by Gasteiger charge is -2.13. The van der Waals surface area contributed by atoms with Gasteiger partial charge in [-0.15, -0.1) is 0 Å². The number of hydrogen-bond acceptors (Lipinski definition) is 3. The third kappa shape index (κ3) is 5.01. The van der Waals surface area contributed by atoms with Gasteiger partial charge in [0.2, 0.25) is 0 Å². The van der Waals surface area contributed by atoms with Crippen LogP contribution in [0.25, 0.3) is 22.3 Å². The Hall–Kier alpha value is -2.83. The first-order valence-corrected chi connectivity index (χ1v) is 9.61. The van der Waals surface area contributed by atoms with Crippen molar-refractivity contribution >= 4 is 34.8 Å². The second-order valence-electron chi connectivity index (χ2n) is 6.32. The van der Waals surface area contributed by atoms with Crippen LogP contribution in [0.4, 0.5) is 14.5 Å². The third-order valence-electron chi connectivity index (χ3n) is 4.32. The highest BCUT2D eigenvalue weighted by atomic mass is 35.5. The lowest BCUT2D eigenvalue weighted by molar-refractivity contribution is -0.114. The number of carbonyl (C=O) groups is 1. The molecule has 0 saturated carbocycles. The summed E-state index contributed by atoms with van der Waals surface area (Å²) in [7, 11) is 2.81. The highest BCUT2D eigenvalue weighted by Gasteiger charge is 2.15. The van der Waals surface area contributed by atoms with E-state index >= 15 is 0 Å². The lowest BCUT2D eigenvalue weighted by atomic mass is 9.97. The van der Waals surface area contributed by atoms with Crippen molar-refractivity contribution in [1.82, 2.24) is 0 Å². The molecular formula is C22H17Cl2F2NO3. The van der Waals surface area contributed by atoms with E-state index in [1.54, 1.807) is 30.3 Å². The fourth-order valence-electron chi connectivity index (χ4n) is 2.92. The van der Waals surface area contributed by atoms with Crippen molar-refractivity contribution in [2.75, 3.05) is 19.5 Å². The van der Waals surface area contributed by atoms with E-state index in [2.05, 4.69) is 5.32 Å². The van der Waals surface area contributed by atoms with E-state index in [4.69, 9.17) is 32.7 Å².